The van der Waals surface area contributed by atoms with Crippen molar-refractivity contribution in [2.75, 3.05) is 0 Å². The fourth-order valence-electron chi connectivity index (χ4n) is 3.92. The lowest BCUT2D eigenvalue weighted by Crippen LogP contribution is -2.23. The molecule has 0 radical (unpaired) electrons. The quantitative estimate of drug-likeness (QED) is 0.601. The molecule has 2 atom stereocenters. The van der Waals surface area contributed by atoms with Gasteiger partial charge < -0.3 is 19.7 Å². The van der Waals surface area contributed by atoms with E-state index in [4.69, 9.17) is 16.0 Å². The summed E-state index contributed by atoms with van der Waals surface area (Å²) in [6, 6.07) is 9.38. The fourth-order valence-corrected chi connectivity index (χ4v) is 4.15. The van der Waals surface area contributed by atoms with Crippen LogP contribution in [0, 0.1) is 0 Å². The minimum atomic E-state index is -0.647. The first-order chi connectivity index (χ1) is 13.0. The lowest BCUT2D eigenvalue weighted by atomic mass is 9.80. The maximum atomic E-state index is 12.7. The van der Waals surface area contributed by atoms with Crippen LogP contribution >= 0.6 is 11.6 Å². The third kappa shape index (κ3) is 3.07. The van der Waals surface area contributed by atoms with Crippen molar-refractivity contribution >= 4 is 22.6 Å². The Morgan fingerprint density at radius 2 is 1.78 bits per heavy atom. The Kier molecular flexibility index (Phi) is 4.58. The number of benzene rings is 2. The number of hydrogen-bond donors (Lipinski definition) is 3. The normalized spacial score (nSPS) is 20.1. The lowest BCUT2D eigenvalue weighted by Gasteiger charge is -2.28. The van der Waals surface area contributed by atoms with Crippen molar-refractivity contribution in [2.24, 2.45) is 0 Å². The molecular weight excluding hydrogens is 368 g/mol. The van der Waals surface area contributed by atoms with Crippen molar-refractivity contribution in [3.05, 3.63) is 57.2 Å². The van der Waals surface area contributed by atoms with Crippen molar-refractivity contribution in [2.45, 2.75) is 37.7 Å². The van der Waals surface area contributed by atoms with Crippen molar-refractivity contribution < 1.29 is 19.7 Å². The predicted molar refractivity (Wildman–Crippen MR) is 103 cm³/mol. The van der Waals surface area contributed by atoms with E-state index in [1.807, 2.05) is 0 Å². The van der Waals surface area contributed by atoms with E-state index in [0.717, 1.165) is 18.9 Å². The number of rotatable bonds is 2. The monoisotopic (exact) mass is 386 g/mol. The smallest absolute Gasteiger partial charge is 0.197 e. The maximum absolute atomic E-state index is 12.7. The minimum absolute atomic E-state index is 0.00335. The van der Waals surface area contributed by atoms with Gasteiger partial charge in [0.15, 0.2) is 5.43 Å². The second kappa shape index (κ2) is 6.91. The highest BCUT2D eigenvalue weighted by Crippen LogP contribution is 2.44. The highest BCUT2D eigenvalue weighted by atomic mass is 35.5. The molecule has 0 saturated heterocycles. The first-order valence-corrected chi connectivity index (χ1v) is 9.31. The van der Waals surface area contributed by atoms with E-state index in [9.17, 15) is 20.1 Å². The Balaban J connectivity index is 2.03. The highest BCUT2D eigenvalue weighted by molar-refractivity contribution is 6.33. The zero-order valence-corrected chi connectivity index (χ0v) is 15.2. The van der Waals surface area contributed by atoms with Gasteiger partial charge in [-0.25, -0.2) is 0 Å². The van der Waals surface area contributed by atoms with Crippen LogP contribution in [0.4, 0.5) is 0 Å². The fraction of sp³-hybridized carbons (Fsp3) is 0.286. The van der Waals surface area contributed by atoms with E-state index in [1.165, 1.54) is 6.07 Å². The molecule has 140 valence electrons. The molecule has 4 rings (SSSR count). The van der Waals surface area contributed by atoms with Gasteiger partial charge in [-0.3, -0.25) is 4.79 Å². The van der Waals surface area contributed by atoms with Gasteiger partial charge >= 0.3 is 0 Å². The molecule has 1 unspecified atom stereocenters. The summed E-state index contributed by atoms with van der Waals surface area (Å²) in [5, 5.41) is 31.6. The zero-order valence-electron chi connectivity index (χ0n) is 14.5. The Morgan fingerprint density at radius 1 is 1.04 bits per heavy atom. The number of hydrogen-bond acceptors (Lipinski definition) is 5. The second-order valence-corrected chi connectivity index (χ2v) is 7.35. The Hall–Kier alpha value is -2.50. The van der Waals surface area contributed by atoms with E-state index in [2.05, 4.69) is 0 Å². The number of aliphatic hydroxyl groups is 1. The topological polar surface area (TPSA) is 90.9 Å². The van der Waals surface area contributed by atoms with E-state index in [1.54, 1.807) is 24.3 Å². The summed E-state index contributed by atoms with van der Waals surface area (Å²) in [4.78, 5) is 12.7. The number of phenolic OH excluding ortho intramolecular Hbond substituents is 2. The second-order valence-electron chi connectivity index (χ2n) is 6.95. The molecule has 1 heterocycles. The van der Waals surface area contributed by atoms with Crippen LogP contribution in [0.1, 0.15) is 37.2 Å². The summed E-state index contributed by atoms with van der Waals surface area (Å²) in [6.07, 6.45) is 2.43. The first kappa shape index (κ1) is 17.9. The van der Waals surface area contributed by atoms with Crippen LogP contribution in [0.25, 0.3) is 22.3 Å². The first-order valence-electron chi connectivity index (χ1n) is 8.93. The molecule has 5 nitrogen and oxygen atoms in total. The third-order valence-corrected chi connectivity index (χ3v) is 5.57. The lowest BCUT2D eigenvalue weighted by molar-refractivity contribution is 0.105. The van der Waals surface area contributed by atoms with Gasteiger partial charge in [-0.1, -0.05) is 36.6 Å². The SMILES string of the molecule is O=c1cc(-c2ccccc2Cl)oc2c(C3CCCC[C@@H]3O)c(O)cc(O)c12. The summed E-state index contributed by atoms with van der Waals surface area (Å²) < 4.78 is 5.99. The minimum Gasteiger partial charge on any atom is -0.507 e. The molecule has 27 heavy (non-hydrogen) atoms. The van der Waals surface area contributed by atoms with Crippen LogP contribution in [0.2, 0.25) is 5.02 Å². The molecule has 3 N–H and O–H groups in total. The van der Waals surface area contributed by atoms with E-state index < -0.39 is 11.5 Å². The zero-order chi connectivity index (χ0) is 19.1. The number of aromatic hydroxyl groups is 2. The molecule has 2 aromatic carbocycles. The van der Waals surface area contributed by atoms with Crippen molar-refractivity contribution in [1.82, 2.24) is 0 Å². The number of halogens is 1. The number of phenols is 2. The van der Waals surface area contributed by atoms with Crippen LogP contribution in [-0.4, -0.2) is 21.4 Å². The maximum Gasteiger partial charge on any atom is 0.197 e. The van der Waals surface area contributed by atoms with Gasteiger partial charge in [0.2, 0.25) is 0 Å². The molecule has 0 spiro atoms. The van der Waals surface area contributed by atoms with E-state index in [0.29, 0.717) is 29.0 Å². The summed E-state index contributed by atoms with van der Waals surface area (Å²) in [5.74, 6) is -0.664. The Morgan fingerprint density at radius 3 is 2.52 bits per heavy atom. The highest BCUT2D eigenvalue weighted by Gasteiger charge is 2.31. The van der Waals surface area contributed by atoms with Crippen LogP contribution in [-0.2, 0) is 0 Å². The van der Waals surface area contributed by atoms with Crippen LogP contribution in [0.3, 0.4) is 0 Å². The van der Waals surface area contributed by atoms with Gasteiger partial charge in [0.25, 0.3) is 0 Å². The average Bonchev–Trinajstić information content (AvgIpc) is 2.63. The molecule has 1 aliphatic rings. The van der Waals surface area contributed by atoms with Gasteiger partial charge in [0.05, 0.1) is 11.1 Å². The number of fused-ring (bicyclic) bond motifs is 1. The number of aliphatic hydroxyl groups excluding tert-OH is 1. The van der Waals surface area contributed by atoms with Crippen molar-refractivity contribution in [3.63, 3.8) is 0 Å². The van der Waals surface area contributed by atoms with Gasteiger partial charge in [0, 0.05) is 29.2 Å². The summed E-state index contributed by atoms with van der Waals surface area (Å²) in [7, 11) is 0. The molecule has 1 saturated carbocycles. The summed E-state index contributed by atoms with van der Waals surface area (Å²) in [6.45, 7) is 0. The largest absolute Gasteiger partial charge is 0.507 e. The van der Waals surface area contributed by atoms with Gasteiger partial charge in [-0.15, -0.1) is 0 Å². The van der Waals surface area contributed by atoms with Gasteiger partial charge in [-0.2, -0.15) is 0 Å². The summed E-state index contributed by atoms with van der Waals surface area (Å²) in [5.41, 5.74) is 0.563. The standard InChI is InChI=1S/C21H19ClO5/c22-13-7-3-1-5-11(13)18-10-17(26)20-16(25)9-15(24)19(21(20)27-18)12-6-2-4-8-14(12)23/h1,3,5,7,9-10,12,14,23-25H,2,4,6,8H2/t12?,14-/m0/s1. The molecule has 6 heteroatoms. The van der Waals surface area contributed by atoms with Gasteiger partial charge in [-0.05, 0) is 25.0 Å². The third-order valence-electron chi connectivity index (χ3n) is 5.24. The molecule has 3 aromatic rings. The molecule has 0 amide bonds. The predicted octanol–water partition coefficient (Wildman–Crippen LogP) is 4.54. The Bertz CT molecular complexity index is 1070. The van der Waals surface area contributed by atoms with Crippen molar-refractivity contribution in [3.8, 4) is 22.8 Å². The van der Waals surface area contributed by atoms with E-state index >= 15 is 0 Å². The Labute approximate surface area is 160 Å². The average molecular weight is 387 g/mol. The molecule has 1 fully saturated rings. The molecule has 1 aliphatic carbocycles. The van der Waals surface area contributed by atoms with Crippen LogP contribution in [0.5, 0.6) is 11.5 Å². The van der Waals surface area contributed by atoms with E-state index in [-0.39, 0.29) is 34.1 Å². The van der Waals surface area contributed by atoms with Crippen molar-refractivity contribution in [1.29, 1.82) is 0 Å². The van der Waals surface area contributed by atoms with Crippen LogP contribution in [0.15, 0.2) is 45.6 Å². The summed E-state index contributed by atoms with van der Waals surface area (Å²) >= 11 is 6.24. The van der Waals surface area contributed by atoms with Gasteiger partial charge in [0.1, 0.15) is 28.2 Å². The van der Waals surface area contributed by atoms with Crippen LogP contribution < -0.4 is 5.43 Å². The molecular formula is C21H19ClO5. The molecule has 0 aliphatic heterocycles. The molecule has 0 bridgehead atoms. The molecule has 1 aromatic heterocycles.